The van der Waals surface area contributed by atoms with E-state index in [2.05, 4.69) is 49.3 Å². The quantitative estimate of drug-likeness (QED) is 0.853. The van der Waals surface area contributed by atoms with Gasteiger partial charge in [-0.1, -0.05) is 57.0 Å². The van der Waals surface area contributed by atoms with Crippen LogP contribution in [0, 0.1) is 26.2 Å². The third-order valence-corrected chi connectivity index (χ3v) is 4.58. The molecule has 0 saturated carbocycles. The molecule has 1 heterocycles. The molecule has 0 saturated heterocycles. The number of hydrogen-bond donors (Lipinski definition) is 2. The zero-order valence-electron chi connectivity index (χ0n) is 17.0. The summed E-state index contributed by atoms with van der Waals surface area (Å²) in [5, 5.41) is 2.89. The van der Waals surface area contributed by atoms with Crippen molar-refractivity contribution < 1.29 is 4.79 Å². The summed E-state index contributed by atoms with van der Waals surface area (Å²) in [5.74, 6) is -0.157. The molecule has 0 aliphatic rings. The normalized spacial score (nSPS) is 11.5. The SMILES string of the molecule is CCc1c(C)[nH]c(=O)c(NC(=O)C(C)(C)C)c1Cc1cc(C)cc(C)c1. The number of amides is 1. The lowest BCUT2D eigenvalue weighted by molar-refractivity contribution is -0.123. The molecule has 0 spiro atoms. The number of aromatic nitrogens is 1. The van der Waals surface area contributed by atoms with E-state index in [1.807, 2.05) is 27.7 Å². The van der Waals surface area contributed by atoms with Crippen molar-refractivity contribution in [1.29, 1.82) is 0 Å². The highest BCUT2D eigenvalue weighted by atomic mass is 16.2. The van der Waals surface area contributed by atoms with Gasteiger partial charge in [-0.15, -0.1) is 0 Å². The molecule has 4 heteroatoms. The van der Waals surface area contributed by atoms with E-state index in [1.54, 1.807) is 0 Å². The molecular weight excluding hydrogens is 324 g/mol. The summed E-state index contributed by atoms with van der Waals surface area (Å²) in [6, 6.07) is 6.41. The Kier molecular flexibility index (Phi) is 5.74. The molecular formula is C22H30N2O2. The highest BCUT2D eigenvalue weighted by Crippen LogP contribution is 2.25. The van der Waals surface area contributed by atoms with Crippen LogP contribution in [0.4, 0.5) is 5.69 Å². The van der Waals surface area contributed by atoms with Gasteiger partial charge in [0.1, 0.15) is 5.69 Å². The Balaban J connectivity index is 2.60. The first-order valence-corrected chi connectivity index (χ1v) is 9.16. The molecule has 0 bridgehead atoms. The van der Waals surface area contributed by atoms with Crippen LogP contribution in [0.25, 0.3) is 0 Å². The number of hydrogen-bond acceptors (Lipinski definition) is 2. The summed E-state index contributed by atoms with van der Waals surface area (Å²) in [6.07, 6.45) is 1.41. The highest BCUT2D eigenvalue weighted by molar-refractivity contribution is 5.95. The number of benzene rings is 1. The molecule has 0 aliphatic carbocycles. The maximum absolute atomic E-state index is 12.6. The number of carbonyl (C=O) groups excluding carboxylic acids is 1. The highest BCUT2D eigenvalue weighted by Gasteiger charge is 2.24. The number of pyridine rings is 1. The zero-order chi connectivity index (χ0) is 19.6. The van der Waals surface area contributed by atoms with Gasteiger partial charge in [0.15, 0.2) is 0 Å². The Labute approximate surface area is 156 Å². The van der Waals surface area contributed by atoms with Crippen LogP contribution in [0.5, 0.6) is 0 Å². The third kappa shape index (κ3) is 4.43. The van der Waals surface area contributed by atoms with E-state index in [1.165, 1.54) is 11.1 Å². The Morgan fingerprint density at radius 3 is 2.12 bits per heavy atom. The van der Waals surface area contributed by atoms with Crippen LogP contribution in [-0.4, -0.2) is 10.9 Å². The first kappa shape index (κ1) is 20.0. The number of nitrogens with one attached hydrogen (secondary N) is 2. The molecule has 0 atom stereocenters. The van der Waals surface area contributed by atoms with Crippen molar-refractivity contribution in [1.82, 2.24) is 4.98 Å². The Bertz CT molecular complexity index is 866. The van der Waals surface area contributed by atoms with Gasteiger partial charge in [0.2, 0.25) is 5.91 Å². The second kappa shape index (κ2) is 7.48. The van der Waals surface area contributed by atoms with E-state index in [0.717, 1.165) is 28.8 Å². The van der Waals surface area contributed by atoms with Crippen LogP contribution in [-0.2, 0) is 17.6 Å². The van der Waals surface area contributed by atoms with Crippen LogP contribution < -0.4 is 10.9 Å². The van der Waals surface area contributed by atoms with E-state index in [0.29, 0.717) is 12.1 Å². The predicted octanol–water partition coefficient (Wildman–Crippen LogP) is 4.44. The zero-order valence-corrected chi connectivity index (χ0v) is 17.0. The third-order valence-electron chi connectivity index (χ3n) is 4.58. The lowest BCUT2D eigenvalue weighted by atomic mass is 9.92. The van der Waals surface area contributed by atoms with E-state index in [9.17, 15) is 9.59 Å². The lowest BCUT2D eigenvalue weighted by Crippen LogP contribution is -2.32. The second-order valence-electron chi connectivity index (χ2n) is 8.14. The number of carbonyl (C=O) groups is 1. The average Bonchev–Trinajstić information content (AvgIpc) is 2.49. The second-order valence-corrected chi connectivity index (χ2v) is 8.14. The van der Waals surface area contributed by atoms with Gasteiger partial charge >= 0.3 is 0 Å². The molecule has 1 amide bonds. The molecule has 0 radical (unpaired) electrons. The molecule has 4 nitrogen and oxygen atoms in total. The van der Waals surface area contributed by atoms with Crippen molar-refractivity contribution in [3.05, 3.63) is 62.1 Å². The average molecular weight is 354 g/mol. The summed E-state index contributed by atoms with van der Waals surface area (Å²) < 4.78 is 0. The van der Waals surface area contributed by atoms with Gasteiger partial charge in [-0.25, -0.2) is 0 Å². The van der Waals surface area contributed by atoms with Crippen molar-refractivity contribution >= 4 is 11.6 Å². The van der Waals surface area contributed by atoms with E-state index in [4.69, 9.17) is 0 Å². The smallest absolute Gasteiger partial charge is 0.272 e. The largest absolute Gasteiger partial charge is 0.324 e. The standard InChI is InChI=1S/C22H30N2O2/c1-8-17-15(4)23-20(25)19(24-21(26)22(5,6)7)18(17)12-16-10-13(2)9-14(3)11-16/h9-11H,8,12H2,1-7H3,(H,23,25)(H,24,26). The first-order valence-electron chi connectivity index (χ1n) is 9.16. The van der Waals surface area contributed by atoms with Crippen molar-refractivity contribution in [2.24, 2.45) is 5.41 Å². The fraction of sp³-hybridized carbons (Fsp3) is 0.455. The maximum atomic E-state index is 12.6. The van der Waals surface area contributed by atoms with Gasteiger partial charge in [-0.3, -0.25) is 9.59 Å². The van der Waals surface area contributed by atoms with E-state index >= 15 is 0 Å². The molecule has 26 heavy (non-hydrogen) atoms. The van der Waals surface area contributed by atoms with Gasteiger partial charge in [0.05, 0.1) is 0 Å². The molecule has 0 aliphatic heterocycles. The Morgan fingerprint density at radius 2 is 1.62 bits per heavy atom. The fourth-order valence-corrected chi connectivity index (χ4v) is 3.30. The monoisotopic (exact) mass is 354 g/mol. The summed E-state index contributed by atoms with van der Waals surface area (Å²) in [6.45, 7) is 13.7. The van der Waals surface area contributed by atoms with Crippen LogP contribution in [0.3, 0.4) is 0 Å². The first-order chi connectivity index (χ1) is 12.0. The molecule has 1 aromatic heterocycles. The molecule has 0 fully saturated rings. The van der Waals surface area contributed by atoms with Crippen LogP contribution in [0.2, 0.25) is 0 Å². The summed E-state index contributed by atoms with van der Waals surface area (Å²) in [5.41, 5.74) is 5.98. The molecule has 1 aromatic carbocycles. The number of rotatable bonds is 4. The van der Waals surface area contributed by atoms with Crippen molar-refractivity contribution in [2.75, 3.05) is 5.32 Å². The number of aromatic amines is 1. The Hall–Kier alpha value is -2.36. The van der Waals surface area contributed by atoms with Crippen LogP contribution in [0.15, 0.2) is 23.0 Å². The molecule has 2 N–H and O–H groups in total. The summed E-state index contributed by atoms with van der Waals surface area (Å²) in [4.78, 5) is 28.1. The molecule has 2 aromatic rings. The van der Waals surface area contributed by atoms with E-state index in [-0.39, 0.29) is 11.5 Å². The fourth-order valence-electron chi connectivity index (χ4n) is 3.30. The minimum atomic E-state index is -0.569. The Morgan fingerprint density at radius 1 is 1.04 bits per heavy atom. The van der Waals surface area contributed by atoms with Gasteiger partial charge in [0, 0.05) is 17.5 Å². The summed E-state index contributed by atoms with van der Waals surface area (Å²) in [7, 11) is 0. The summed E-state index contributed by atoms with van der Waals surface area (Å²) >= 11 is 0. The number of H-pyrrole nitrogens is 1. The molecule has 0 unspecified atom stereocenters. The van der Waals surface area contributed by atoms with Crippen molar-refractivity contribution in [2.45, 2.75) is 61.3 Å². The molecule has 140 valence electrons. The van der Waals surface area contributed by atoms with E-state index < -0.39 is 5.41 Å². The van der Waals surface area contributed by atoms with Crippen molar-refractivity contribution in [3.8, 4) is 0 Å². The number of anilines is 1. The lowest BCUT2D eigenvalue weighted by Gasteiger charge is -2.21. The van der Waals surface area contributed by atoms with Gasteiger partial charge in [-0.05, 0) is 43.9 Å². The van der Waals surface area contributed by atoms with Crippen LogP contribution in [0.1, 0.15) is 61.2 Å². The number of aryl methyl sites for hydroxylation is 3. The van der Waals surface area contributed by atoms with Crippen LogP contribution >= 0.6 is 0 Å². The maximum Gasteiger partial charge on any atom is 0.272 e. The van der Waals surface area contributed by atoms with Gasteiger partial charge in [0.25, 0.3) is 5.56 Å². The van der Waals surface area contributed by atoms with Gasteiger partial charge < -0.3 is 10.3 Å². The van der Waals surface area contributed by atoms with Crippen molar-refractivity contribution in [3.63, 3.8) is 0 Å². The van der Waals surface area contributed by atoms with Gasteiger partial charge in [-0.2, -0.15) is 0 Å². The minimum Gasteiger partial charge on any atom is -0.324 e. The minimum absolute atomic E-state index is 0.157. The predicted molar refractivity (Wildman–Crippen MR) is 108 cm³/mol. The topological polar surface area (TPSA) is 62.0 Å². The molecule has 2 rings (SSSR count).